The van der Waals surface area contributed by atoms with E-state index in [0.717, 1.165) is 11.3 Å². The van der Waals surface area contributed by atoms with Crippen molar-refractivity contribution in [2.24, 2.45) is 0 Å². The zero-order chi connectivity index (χ0) is 12.4. The van der Waals surface area contributed by atoms with Gasteiger partial charge in [0.2, 0.25) is 6.79 Å². The third-order valence-electron chi connectivity index (χ3n) is 2.68. The molecular formula is C12H12N2O4. The summed E-state index contributed by atoms with van der Waals surface area (Å²) in [5.74, 6) is 2.16. The molecule has 6 heteroatoms. The highest BCUT2D eigenvalue weighted by atomic mass is 16.7. The van der Waals surface area contributed by atoms with Crippen LogP contribution in [0.15, 0.2) is 28.9 Å². The van der Waals surface area contributed by atoms with Crippen LogP contribution in [0, 0.1) is 0 Å². The van der Waals surface area contributed by atoms with E-state index in [1.807, 2.05) is 0 Å². The van der Waals surface area contributed by atoms with Gasteiger partial charge in [0.15, 0.2) is 11.5 Å². The number of ether oxygens (including phenoxy) is 2. The molecule has 94 valence electrons. The quantitative estimate of drug-likeness (QED) is 0.851. The summed E-state index contributed by atoms with van der Waals surface area (Å²) in [5.41, 5.74) is 0.749. The first-order chi connectivity index (χ1) is 8.83. The molecule has 6 nitrogen and oxygen atoms in total. The molecule has 2 N–H and O–H groups in total. The minimum atomic E-state index is 0.185. The summed E-state index contributed by atoms with van der Waals surface area (Å²) >= 11 is 0. The lowest BCUT2D eigenvalue weighted by atomic mass is 10.1. The van der Waals surface area contributed by atoms with Crippen molar-refractivity contribution in [3.63, 3.8) is 0 Å². The van der Waals surface area contributed by atoms with E-state index in [1.54, 1.807) is 24.4 Å². The van der Waals surface area contributed by atoms with Crippen molar-refractivity contribution >= 4 is 0 Å². The average molecular weight is 248 g/mol. The Morgan fingerprint density at radius 2 is 2.06 bits per heavy atom. The molecule has 0 radical (unpaired) electrons. The third kappa shape index (κ3) is 2.10. The topological polar surface area (TPSA) is 76.8 Å². The molecular weight excluding hydrogens is 236 g/mol. The Bertz CT molecular complexity index is 539. The highest BCUT2D eigenvalue weighted by molar-refractivity contribution is 5.51. The average Bonchev–Trinajstić information content (AvgIpc) is 3.00. The Morgan fingerprint density at radius 3 is 2.83 bits per heavy atom. The standard InChI is InChI=1S/C12H12N2O4/c15-10-4-12-11(16-7-17-12)3-8(10)5-13-6-9-1-2-14-18-9/h1-4,13,15H,5-7H2. The van der Waals surface area contributed by atoms with E-state index in [4.69, 9.17) is 14.0 Å². The van der Waals surface area contributed by atoms with Crippen LogP contribution in [-0.2, 0) is 13.1 Å². The fourth-order valence-corrected chi connectivity index (χ4v) is 1.77. The number of hydrogen-bond acceptors (Lipinski definition) is 6. The van der Waals surface area contributed by atoms with Crippen LogP contribution in [0.5, 0.6) is 17.2 Å². The summed E-state index contributed by atoms with van der Waals surface area (Å²) < 4.78 is 15.4. The number of hydrogen-bond donors (Lipinski definition) is 2. The van der Waals surface area contributed by atoms with Gasteiger partial charge >= 0.3 is 0 Å². The molecule has 1 aliphatic heterocycles. The summed E-state index contributed by atoms with van der Waals surface area (Å²) in [6, 6.07) is 5.12. The van der Waals surface area contributed by atoms with E-state index in [9.17, 15) is 5.11 Å². The largest absolute Gasteiger partial charge is 0.507 e. The van der Waals surface area contributed by atoms with E-state index in [-0.39, 0.29) is 12.5 Å². The van der Waals surface area contributed by atoms with E-state index in [0.29, 0.717) is 24.6 Å². The van der Waals surface area contributed by atoms with Gasteiger partial charge in [-0.25, -0.2) is 0 Å². The Morgan fingerprint density at radius 1 is 1.22 bits per heavy atom. The number of rotatable bonds is 4. The third-order valence-corrected chi connectivity index (χ3v) is 2.68. The van der Waals surface area contributed by atoms with Crippen molar-refractivity contribution < 1.29 is 19.1 Å². The maximum Gasteiger partial charge on any atom is 0.231 e. The molecule has 2 heterocycles. The first-order valence-electron chi connectivity index (χ1n) is 5.55. The molecule has 1 aliphatic rings. The monoisotopic (exact) mass is 248 g/mol. The molecule has 0 amide bonds. The highest BCUT2D eigenvalue weighted by Crippen LogP contribution is 2.37. The van der Waals surface area contributed by atoms with Gasteiger partial charge in [0.05, 0.1) is 12.7 Å². The van der Waals surface area contributed by atoms with E-state index < -0.39 is 0 Å². The number of fused-ring (bicyclic) bond motifs is 1. The minimum absolute atomic E-state index is 0.185. The number of nitrogens with zero attached hydrogens (tertiary/aromatic N) is 1. The summed E-state index contributed by atoms with van der Waals surface area (Å²) in [7, 11) is 0. The molecule has 0 saturated heterocycles. The molecule has 18 heavy (non-hydrogen) atoms. The van der Waals surface area contributed by atoms with E-state index in [2.05, 4.69) is 10.5 Å². The molecule has 0 spiro atoms. The molecule has 0 bridgehead atoms. The van der Waals surface area contributed by atoms with Crippen LogP contribution < -0.4 is 14.8 Å². The smallest absolute Gasteiger partial charge is 0.231 e. The van der Waals surface area contributed by atoms with Gasteiger partial charge < -0.3 is 24.4 Å². The first-order valence-corrected chi connectivity index (χ1v) is 5.55. The number of nitrogens with one attached hydrogen (secondary N) is 1. The summed E-state index contributed by atoms with van der Waals surface area (Å²) in [6.07, 6.45) is 1.59. The number of phenolic OH excluding ortho intramolecular Hbond substituents is 1. The Balaban J connectivity index is 1.66. The Kier molecular flexibility index (Phi) is 2.77. The molecule has 1 aromatic carbocycles. The lowest BCUT2D eigenvalue weighted by molar-refractivity contribution is 0.174. The van der Waals surface area contributed by atoms with Gasteiger partial charge in [-0.2, -0.15) is 0 Å². The number of aromatic hydroxyl groups is 1. The first kappa shape index (κ1) is 10.9. The maximum atomic E-state index is 9.82. The molecule has 2 aromatic rings. The Hall–Kier alpha value is -2.21. The number of aromatic nitrogens is 1. The molecule has 3 rings (SSSR count). The van der Waals surface area contributed by atoms with Gasteiger partial charge in [-0.15, -0.1) is 0 Å². The molecule has 0 fully saturated rings. The van der Waals surface area contributed by atoms with Crippen molar-refractivity contribution in [3.8, 4) is 17.2 Å². The highest BCUT2D eigenvalue weighted by Gasteiger charge is 2.16. The fraction of sp³-hybridized carbons (Fsp3) is 0.250. The van der Waals surface area contributed by atoms with E-state index in [1.165, 1.54) is 0 Å². The fourth-order valence-electron chi connectivity index (χ4n) is 1.77. The van der Waals surface area contributed by atoms with Crippen molar-refractivity contribution in [3.05, 3.63) is 35.7 Å². The second-order valence-corrected chi connectivity index (χ2v) is 3.92. The summed E-state index contributed by atoms with van der Waals surface area (Å²) in [5, 5.41) is 16.6. The van der Waals surface area contributed by atoms with Crippen LogP contribution in [0.3, 0.4) is 0 Å². The van der Waals surface area contributed by atoms with Crippen LogP contribution in [0.25, 0.3) is 0 Å². The van der Waals surface area contributed by atoms with Crippen molar-refractivity contribution in [1.29, 1.82) is 0 Å². The van der Waals surface area contributed by atoms with Crippen molar-refractivity contribution in [2.45, 2.75) is 13.1 Å². The number of phenols is 1. The molecule has 1 aromatic heterocycles. The van der Waals surface area contributed by atoms with Crippen LogP contribution in [-0.4, -0.2) is 17.1 Å². The predicted molar refractivity (Wildman–Crippen MR) is 61.3 cm³/mol. The Labute approximate surface area is 103 Å². The lowest BCUT2D eigenvalue weighted by Crippen LogP contribution is -2.12. The van der Waals surface area contributed by atoms with Gasteiger partial charge in [-0.05, 0) is 6.07 Å². The van der Waals surface area contributed by atoms with Gasteiger partial charge in [0.25, 0.3) is 0 Å². The van der Waals surface area contributed by atoms with Crippen LogP contribution >= 0.6 is 0 Å². The van der Waals surface area contributed by atoms with Crippen molar-refractivity contribution in [2.75, 3.05) is 6.79 Å². The second kappa shape index (κ2) is 4.58. The zero-order valence-electron chi connectivity index (χ0n) is 9.55. The normalized spacial score (nSPS) is 12.9. The molecule has 0 unspecified atom stereocenters. The van der Waals surface area contributed by atoms with Gasteiger partial charge in [-0.1, -0.05) is 5.16 Å². The van der Waals surface area contributed by atoms with Crippen LogP contribution in [0.2, 0.25) is 0 Å². The molecule has 0 atom stereocenters. The zero-order valence-corrected chi connectivity index (χ0v) is 9.55. The summed E-state index contributed by atoms with van der Waals surface area (Å²) in [6.45, 7) is 1.25. The predicted octanol–water partition coefficient (Wildman–Crippen LogP) is 1.40. The summed E-state index contributed by atoms with van der Waals surface area (Å²) in [4.78, 5) is 0. The maximum absolute atomic E-state index is 9.82. The van der Waals surface area contributed by atoms with Gasteiger partial charge in [0, 0.05) is 24.2 Å². The SMILES string of the molecule is Oc1cc2c(cc1CNCc1ccno1)OCO2. The molecule has 0 aliphatic carbocycles. The second-order valence-electron chi connectivity index (χ2n) is 3.92. The number of benzene rings is 1. The lowest BCUT2D eigenvalue weighted by Gasteiger charge is -2.06. The van der Waals surface area contributed by atoms with Gasteiger partial charge in [-0.3, -0.25) is 0 Å². The van der Waals surface area contributed by atoms with Crippen LogP contribution in [0.1, 0.15) is 11.3 Å². The van der Waals surface area contributed by atoms with Crippen LogP contribution in [0.4, 0.5) is 0 Å². The molecule has 0 saturated carbocycles. The van der Waals surface area contributed by atoms with Gasteiger partial charge in [0.1, 0.15) is 11.5 Å². The minimum Gasteiger partial charge on any atom is -0.507 e. The van der Waals surface area contributed by atoms with Crippen molar-refractivity contribution in [1.82, 2.24) is 10.5 Å². The van der Waals surface area contributed by atoms with E-state index >= 15 is 0 Å².